The summed E-state index contributed by atoms with van der Waals surface area (Å²) in [7, 11) is 0. The Kier molecular flexibility index (Phi) is 26.4. The molecule has 4 saturated heterocycles. The van der Waals surface area contributed by atoms with Crippen molar-refractivity contribution in [2.24, 2.45) is 10.8 Å². The van der Waals surface area contributed by atoms with Crippen LogP contribution in [0.15, 0.2) is 0 Å². The first-order chi connectivity index (χ1) is 38.2. The molecule has 81 heavy (non-hydrogen) atoms. The molecule has 32 nitrogen and oxygen atoms in total. The van der Waals surface area contributed by atoms with Crippen LogP contribution in [0.4, 0.5) is 0 Å². The SMILES string of the molecule is CC(C)(CCC(=O)NCCOCCOCCN(CCOCCOCCNC(=O)CCC(C)(C)C(=O)OC[C@@H]1[C@@H](O)[C@H](O)[C@H](O)[C@H]2NC(=O)C(=O)N12)C(=O)CCNC(=O)CCC(=O)O)C(=O)OC[C@@H]1[C@@H](O)[C@H](O)[C@H](O)[C@H]2NC(=O)C(=O)N12. The van der Waals surface area contributed by atoms with Crippen molar-refractivity contribution in [2.75, 3.05) is 98.8 Å². The molecule has 0 aromatic rings. The highest BCUT2D eigenvalue weighted by atomic mass is 16.5. The summed E-state index contributed by atoms with van der Waals surface area (Å²) in [5.41, 5.74) is -2.40. The Morgan fingerprint density at radius 3 is 1.26 bits per heavy atom. The average Bonchev–Trinajstić information content (AvgIpc) is 4.05. The summed E-state index contributed by atoms with van der Waals surface area (Å²) in [6.45, 7) is 6.38. The number of fused-ring (bicyclic) bond motifs is 2. The zero-order chi connectivity index (χ0) is 60.2. The molecule has 0 aromatic heterocycles. The predicted octanol–water partition coefficient (Wildman–Crippen LogP) is -7.32. The summed E-state index contributed by atoms with van der Waals surface area (Å²) >= 11 is 0. The van der Waals surface area contributed by atoms with Crippen molar-refractivity contribution in [3.8, 4) is 0 Å². The number of piperidine rings is 2. The molecule has 0 saturated carbocycles. The highest BCUT2D eigenvalue weighted by Gasteiger charge is 2.57. The van der Waals surface area contributed by atoms with E-state index < -0.39 is 144 Å². The molecule has 32 heteroatoms. The van der Waals surface area contributed by atoms with Crippen LogP contribution in [0.3, 0.4) is 0 Å². The van der Waals surface area contributed by atoms with Crippen molar-refractivity contribution in [3.05, 3.63) is 0 Å². The zero-order valence-electron chi connectivity index (χ0n) is 45.7. The summed E-state index contributed by atoms with van der Waals surface area (Å²) in [5, 5.41) is 83.0. The maximum Gasteiger partial charge on any atom is 0.314 e. The van der Waals surface area contributed by atoms with Gasteiger partial charge in [-0.1, -0.05) is 0 Å². The van der Waals surface area contributed by atoms with Gasteiger partial charge in [0.15, 0.2) is 0 Å². The van der Waals surface area contributed by atoms with Crippen LogP contribution < -0.4 is 26.6 Å². The predicted molar refractivity (Wildman–Crippen MR) is 269 cm³/mol. The molecule has 4 fully saturated rings. The van der Waals surface area contributed by atoms with Gasteiger partial charge < -0.3 is 105 Å². The molecule has 0 radical (unpaired) electrons. The second-order valence-corrected chi connectivity index (χ2v) is 20.8. The minimum Gasteiger partial charge on any atom is -0.481 e. The van der Waals surface area contributed by atoms with Gasteiger partial charge in [-0.25, -0.2) is 0 Å². The normalized spacial score (nSPS) is 24.4. The molecule has 8 amide bonds. The van der Waals surface area contributed by atoms with Gasteiger partial charge >= 0.3 is 41.5 Å². The summed E-state index contributed by atoms with van der Waals surface area (Å²) in [6, 6.07) is -2.66. The molecular formula is C49H78N8O24. The van der Waals surface area contributed by atoms with Crippen molar-refractivity contribution >= 4 is 65.2 Å². The van der Waals surface area contributed by atoms with Crippen LogP contribution in [0.5, 0.6) is 0 Å². The van der Waals surface area contributed by atoms with Crippen molar-refractivity contribution in [1.82, 2.24) is 41.3 Å². The van der Waals surface area contributed by atoms with Crippen LogP contribution in [0.2, 0.25) is 0 Å². The number of carboxylic acid groups (broad SMARTS) is 1. The maximum absolute atomic E-state index is 13.1. The third-order valence-corrected chi connectivity index (χ3v) is 13.9. The number of hydrogen-bond acceptors (Lipinski definition) is 23. The lowest BCUT2D eigenvalue weighted by Crippen LogP contribution is -2.68. The van der Waals surface area contributed by atoms with E-state index in [1.54, 1.807) is 0 Å². The van der Waals surface area contributed by atoms with Gasteiger partial charge in [0.2, 0.25) is 23.6 Å². The van der Waals surface area contributed by atoms with E-state index in [9.17, 15) is 83.4 Å². The van der Waals surface area contributed by atoms with Gasteiger partial charge in [0.25, 0.3) is 0 Å². The molecule has 458 valence electrons. The number of aliphatic carboxylic acids is 1. The van der Waals surface area contributed by atoms with Crippen LogP contribution in [0.25, 0.3) is 0 Å². The molecule has 0 aromatic carbocycles. The fourth-order valence-electron chi connectivity index (χ4n) is 8.75. The van der Waals surface area contributed by atoms with Gasteiger partial charge in [0.05, 0.1) is 82.2 Å². The lowest BCUT2D eigenvalue weighted by molar-refractivity contribution is -0.184. The minimum atomic E-state index is -1.74. The van der Waals surface area contributed by atoms with Crippen LogP contribution in [0.1, 0.15) is 72.6 Å². The number of aliphatic hydroxyl groups excluding tert-OH is 6. The number of esters is 2. The van der Waals surface area contributed by atoms with Crippen LogP contribution in [-0.4, -0.2) is 275 Å². The molecule has 4 aliphatic heterocycles. The fourth-order valence-corrected chi connectivity index (χ4v) is 8.75. The molecule has 12 N–H and O–H groups in total. The Balaban J connectivity index is 1.06. The number of ether oxygens (including phenoxy) is 6. The lowest BCUT2D eigenvalue weighted by atomic mass is 9.87. The number of amides is 8. The van der Waals surface area contributed by atoms with E-state index in [0.29, 0.717) is 0 Å². The number of carbonyl (C=O) groups is 11. The fraction of sp³-hybridized carbons (Fsp3) is 0.776. The van der Waals surface area contributed by atoms with E-state index in [-0.39, 0.29) is 136 Å². The average molecular weight is 1160 g/mol. The number of carboxylic acids is 1. The van der Waals surface area contributed by atoms with Gasteiger partial charge in [-0.05, 0) is 40.5 Å². The monoisotopic (exact) mass is 1160 g/mol. The largest absolute Gasteiger partial charge is 0.481 e. The first kappa shape index (κ1) is 67.3. The quantitative estimate of drug-likeness (QED) is 0.0158. The molecule has 0 bridgehead atoms. The van der Waals surface area contributed by atoms with Gasteiger partial charge in [-0.2, -0.15) is 0 Å². The molecule has 4 aliphatic rings. The topological polar surface area (TPSA) is 455 Å². The van der Waals surface area contributed by atoms with Crippen molar-refractivity contribution in [1.29, 1.82) is 0 Å². The number of aliphatic hydroxyl groups is 6. The minimum absolute atomic E-state index is 0.0328. The van der Waals surface area contributed by atoms with Crippen LogP contribution >= 0.6 is 0 Å². The third kappa shape index (κ3) is 19.7. The number of carbonyl (C=O) groups excluding carboxylic acids is 10. The van der Waals surface area contributed by atoms with Gasteiger partial charge in [0.1, 0.15) is 62.2 Å². The molecule has 0 spiro atoms. The van der Waals surface area contributed by atoms with E-state index in [1.165, 1.54) is 32.6 Å². The summed E-state index contributed by atoms with van der Waals surface area (Å²) in [6.07, 6.45) is -13.7. The van der Waals surface area contributed by atoms with Crippen LogP contribution in [-0.2, 0) is 81.2 Å². The van der Waals surface area contributed by atoms with Crippen LogP contribution in [0, 0.1) is 10.8 Å². The summed E-state index contributed by atoms with van der Waals surface area (Å²) in [4.78, 5) is 139. The number of nitrogens with one attached hydrogen (secondary N) is 5. The Labute approximate surface area is 465 Å². The highest BCUT2D eigenvalue weighted by Crippen LogP contribution is 2.31. The third-order valence-electron chi connectivity index (χ3n) is 13.9. The van der Waals surface area contributed by atoms with E-state index in [2.05, 4.69) is 26.6 Å². The van der Waals surface area contributed by atoms with Gasteiger partial charge in [0, 0.05) is 58.4 Å². The molecule has 0 unspecified atom stereocenters. The molecule has 10 atom stereocenters. The van der Waals surface area contributed by atoms with Crippen molar-refractivity contribution in [2.45, 2.75) is 134 Å². The summed E-state index contributed by atoms with van der Waals surface area (Å²) < 4.78 is 33.0. The first-order valence-corrected chi connectivity index (χ1v) is 26.5. The second-order valence-electron chi connectivity index (χ2n) is 20.8. The first-order valence-electron chi connectivity index (χ1n) is 26.5. The molecule has 4 heterocycles. The maximum atomic E-state index is 13.1. The zero-order valence-corrected chi connectivity index (χ0v) is 45.7. The second kappa shape index (κ2) is 31.8. The van der Waals surface area contributed by atoms with E-state index in [4.69, 9.17) is 33.5 Å². The van der Waals surface area contributed by atoms with E-state index in [0.717, 1.165) is 9.80 Å². The lowest BCUT2D eigenvalue weighted by Gasteiger charge is -2.44. The van der Waals surface area contributed by atoms with Gasteiger partial charge in [-0.3, -0.25) is 52.7 Å². The molecule has 4 rings (SSSR count). The van der Waals surface area contributed by atoms with Gasteiger partial charge in [-0.15, -0.1) is 0 Å². The molecular weight excluding hydrogens is 1080 g/mol. The Hall–Kier alpha value is -6.23. The van der Waals surface area contributed by atoms with Crippen molar-refractivity contribution < 1.29 is 117 Å². The summed E-state index contributed by atoms with van der Waals surface area (Å²) in [5.74, 6) is -8.56. The highest BCUT2D eigenvalue weighted by molar-refractivity contribution is 6.37. The number of hydrogen-bond donors (Lipinski definition) is 12. The number of nitrogens with zero attached hydrogens (tertiary/aromatic N) is 3. The number of rotatable bonds is 36. The van der Waals surface area contributed by atoms with E-state index >= 15 is 0 Å². The Bertz CT molecular complexity index is 2100. The Morgan fingerprint density at radius 1 is 0.494 bits per heavy atom. The van der Waals surface area contributed by atoms with Crippen molar-refractivity contribution in [3.63, 3.8) is 0 Å². The smallest absolute Gasteiger partial charge is 0.314 e. The Morgan fingerprint density at radius 2 is 0.864 bits per heavy atom. The standard InChI is InChI=1S/C49H78N8O24/c1-48(2,46(74)80-25-27-34(64)36(66)38(68)40-53-42(70)44(72)56(27)40)10-7-30(59)51-13-17-76-21-23-78-19-15-55(32(61)9-12-50-29(58)5-6-33(62)63)16-20-79-24-22-77-18-14-52-31(60)8-11-49(3,4)47(75)81-26-28-35(65)37(67)39(69)41-54-43(71)45(73)57(28)41/h27-28,34-41,64-69H,5-26H2,1-4H3,(H,50,58)(H,51,59)(H,52,60)(H,53,70)(H,54,71)(H,62,63)/t27-,28-,34-,35-,36+,37+,38+,39+,40+,41+/m1/s1. The molecule has 0 aliphatic carbocycles. The van der Waals surface area contributed by atoms with E-state index in [1.807, 2.05) is 0 Å².